The summed E-state index contributed by atoms with van der Waals surface area (Å²) in [6.07, 6.45) is 0. The highest BCUT2D eigenvalue weighted by atomic mass is 32.1. The van der Waals surface area contributed by atoms with E-state index < -0.39 is 0 Å². The van der Waals surface area contributed by atoms with Gasteiger partial charge in [-0.1, -0.05) is 109 Å². The average Bonchev–Trinajstić information content (AvgIpc) is 1.69. The molecule has 0 bridgehead atoms. The van der Waals surface area contributed by atoms with Crippen molar-refractivity contribution < 1.29 is 0 Å². The van der Waals surface area contributed by atoms with Crippen molar-refractivity contribution in [2.75, 3.05) is 9.80 Å². The number of fused-ring (bicyclic) bond motifs is 13. The Balaban J connectivity index is 0.768. The van der Waals surface area contributed by atoms with E-state index in [0.29, 0.717) is 0 Å². The molecule has 404 valence electrons. The van der Waals surface area contributed by atoms with Crippen LogP contribution >= 0.6 is 22.7 Å². The van der Waals surface area contributed by atoms with E-state index in [9.17, 15) is 0 Å². The highest BCUT2D eigenvalue weighted by Crippen LogP contribution is 2.46. The van der Waals surface area contributed by atoms with E-state index in [0.717, 1.165) is 56.9 Å². The summed E-state index contributed by atoms with van der Waals surface area (Å²) >= 11 is 3.60. The molecule has 8 heteroatoms. The highest BCUT2D eigenvalue weighted by molar-refractivity contribution is 7.17. The van der Waals surface area contributed by atoms with E-state index in [1.165, 1.54) is 96.6 Å². The van der Waals surface area contributed by atoms with Crippen LogP contribution in [0.4, 0.5) is 34.1 Å². The molecule has 6 nitrogen and oxygen atoms in total. The minimum absolute atomic E-state index is 1.07. The Kier molecular flexibility index (Phi) is 10.9. The first-order valence-electron chi connectivity index (χ1n) is 29.1. The molecule has 6 heterocycles. The zero-order valence-corrected chi connectivity index (χ0v) is 48.0. The van der Waals surface area contributed by atoms with Crippen LogP contribution in [-0.4, -0.2) is 18.3 Å². The Bertz CT molecular complexity index is 5170. The van der Waals surface area contributed by atoms with Gasteiger partial charge < -0.3 is 28.1 Å². The monoisotopic (exact) mass is 1130 g/mol. The van der Waals surface area contributed by atoms with Crippen molar-refractivity contribution in [1.29, 1.82) is 0 Å². The summed E-state index contributed by atoms with van der Waals surface area (Å²) in [5.41, 5.74) is 20.5. The molecule has 18 rings (SSSR count). The lowest BCUT2D eigenvalue weighted by atomic mass is 10.1. The van der Waals surface area contributed by atoms with Crippen LogP contribution in [0.25, 0.3) is 119 Å². The number of hydrogen-bond acceptors (Lipinski definition) is 4. The third kappa shape index (κ3) is 7.50. The molecule has 0 radical (unpaired) electrons. The van der Waals surface area contributed by atoms with E-state index in [4.69, 9.17) is 0 Å². The maximum atomic E-state index is 2.52. The molecule has 18 aromatic rings. The van der Waals surface area contributed by atoms with Gasteiger partial charge in [-0.05, 0) is 204 Å². The Hall–Kier alpha value is -10.9. The molecule has 6 aromatic heterocycles. The Morgan fingerprint density at radius 1 is 0.221 bits per heavy atom. The fourth-order valence-corrected chi connectivity index (χ4v) is 15.3. The van der Waals surface area contributed by atoms with Crippen molar-refractivity contribution in [3.05, 3.63) is 302 Å². The fourth-order valence-electron chi connectivity index (χ4n) is 13.7. The highest BCUT2D eigenvalue weighted by Gasteiger charge is 2.25. The number of hydrogen-bond donors (Lipinski definition) is 0. The third-order valence-corrected chi connectivity index (χ3v) is 19.2. The number of nitrogens with zero attached hydrogens (tertiary/aromatic N) is 6. The maximum Gasteiger partial charge on any atom is 0.0804 e. The van der Waals surface area contributed by atoms with E-state index in [1.54, 1.807) is 22.7 Å². The lowest BCUT2D eigenvalue weighted by Crippen LogP contribution is -2.10. The molecule has 0 aliphatic heterocycles. The van der Waals surface area contributed by atoms with Crippen LogP contribution < -0.4 is 9.80 Å². The molecular formula is C78H50N6S2. The molecule has 0 N–H and O–H groups in total. The Morgan fingerprint density at radius 3 is 0.826 bits per heavy atom. The number of benzene rings is 12. The first-order chi connectivity index (χ1) is 42.7. The van der Waals surface area contributed by atoms with Gasteiger partial charge >= 0.3 is 0 Å². The van der Waals surface area contributed by atoms with Crippen molar-refractivity contribution in [2.45, 2.75) is 0 Å². The summed E-state index contributed by atoms with van der Waals surface area (Å²) in [6, 6.07) is 107. The topological polar surface area (TPSA) is 26.2 Å². The van der Waals surface area contributed by atoms with Crippen LogP contribution in [0.15, 0.2) is 302 Å². The smallest absolute Gasteiger partial charge is 0.0804 e. The molecule has 86 heavy (non-hydrogen) atoms. The predicted octanol–water partition coefficient (Wildman–Crippen LogP) is 22.3. The van der Waals surface area contributed by atoms with Gasteiger partial charge in [0.1, 0.15) is 0 Å². The first-order valence-corrected chi connectivity index (χ1v) is 30.9. The number of aromatic nitrogens is 4. The summed E-state index contributed by atoms with van der Waals surface area (Å²) in [4.78, 5) is 4.73. The van der Waals surface area contributed by atoms with Crippen molar-refractivity contribution in [3.63, 3.8) is 0 Å². The van der Waals surface area contributed by atoms with Crippen molar-refractivity contribution >= 4 is 153 Å². The quantitative estimate of drug-likeness (QED) is 0.136. The standard InChI is InChI=1S/C78H50N6S2/c1-3-15-53(16-4-1)79(55-27-35-59(36-28-55)81-69-23-11-7-19-63(69)64-20-8-12-24-70(64)81)57-31-39-61(40-32-57)83-73-47-51-43-45-85-75(51)49-67(73)78-77(83)68-50-76-52(44-46-86-76)48-74(68)84(78)62-41-33-58(34-42-62)80(54-17-5-2-6-18-54)56-29-37-60(38-30-56)82-71-25-13-9-21-65(71)66-22-10-14-26-72(66)82/h1-50H. The van der Waals surface area contributed by atoms with Gasteiger partial charge in [0.15, 0.2) is 0 Å². The Labute approximate surface area is 503 Å². The van der Waals surface area contributed by atoms with Gasteiger partial charge in [-0.3, -0.25) is 0 Å². The first kappa shape index (κ1) is 48.6. The Morgan fingerprint density at radius 2 is 0.500 bits per heavy atom. The van der Waals surface area contributed by atoms with Gasteiger partial charge in [-0.15, -0.1) is 22.7 Å². The van der Waals surface area contributed by atoms with Gasteiger partial charge in [-0.25, -0.2) is 0 Å². The second-order valence-electron chi connectivity index (χ2n) is 22.2. The zero-order chi connectivity index (χ0) is 56.4. The van der Waals surface area contributed by atoms with Gasteiger partial charge in [-0.2, -0.15) is 0 Å². The van der Waals surface area contributed by atoms with Crippen LogP contribution in [0, 0.1) is 0 Å². The van der Waals surface area contributed by atoms with Gasteiger partial charge in [0, 0.05) is 98.6 Å². The van der Waals surface area contributed by atoms with Crippen LogP contribution in [0.2, 0.25) is 0 Å². The normalized spacial score (nSPS) is 12.0. The molecular weight excluding hydrogens is 1090 g/mol. The summed E-state index contributed by atoms with van der Waals surface area (Å²) in [5, 5.41) is 14.4. The predicted molar refractivity (Wildman–Crippen MR) is 366 cm³/mol. The van der Waals surface area contributed by atoms with Crippen molar-refractivity contribution in [1.82, 2.24) is 18.3 Å². The molecule has 0 amide bonds. The lowest BCUT2D eigenvalue weighted by Gasteiger charge is -2.26. The molecule has 0 saturated heterocycles. The van der Waals surface area contributed by atoms with Gasteiger partial charge in [0.2, 0.25) is 0 Å². The van der Waals surface area contributed by atoms with Gasteiger partial charge in [0.05, 0.1) is 44.1 Å². The van der Waals surface area contributed by atoms with Crippen LogP contribution in [-0.2, 0) is 0 Å². The van der Waals surface area contributed by atoms with Crippen molar-refractivity contribution in [3.8, 4) is 22.7 Å². The minimum Gasteiger partial charge on any atom is -0.311 e. The summed E-state index contributed by atoms with van der Waals surface area (Å²) < 4.78 is 12.3. The largest absolute Gasteiger partial charge is 0.311 e. The third-order valence-electron chi connectivity index (χ3n) is 17.5. The summed E-state index contributed by atoms with van der Waals surface area (Å²) in [7, 11) is 0. The molecule has 12 aromatic carbocycles. The van der Waals surface area contributed by atoms with E-state index in [1.807, 2.05) is 0 Å². The SMILES string of the molecule is c1ccc(N(c2ccc(-n3c4ccccc4c4ccccc43)cc2)c2ccc(-n3c4cc5ccsc5cc4c4c3c3cc5sccc5cc3n4-c3ccc(N(c4ccccc4)c4ccc(-n5c6ccccc6c6ccccc65)cc4)cc3)cc2)cc1. The number of thiophene rings is 2. The lowest BCUT2D eigenvalue weighted by molar-refractivity contribution is 1.16. The molecule has 0 atom stereocenters. The average molecular weight is 1140 g/mol. The van der Waals surface area contributed by atoms with Crippen LogP contribution in [0.5, 0.6) is 0 Å². The van der Waals surface area contributed by atoms with E-state index in [2.05, 4.69) is 330 Å². The van der Waals surface area contributed by atoms with E-state index in [-0.39, 0.29) is 0 Å². The maximum absolute atomic E-state index is 2.52. The van der Waals surface area contributed by atoms with Gasteiger partial charge in [0.25, 0.3) is 0 Å². The molecule has 0 unspecified atom stereocenters. The molecule has 0 aliphatic carbocycles. The molecule has 0 fully saturated rings. The van der Waals surface area contributed by atoms with Crippen LogP contribution in [0.3, 0.4) is 0 Å². The second kappa shape index (κ2) is 19.3. The molecule has 0 aliphatic rings. The van der Waals surface area contributed by atoms with Crippen LogP contribution in [0.1, 0.15) is 0 Å². The summed E-state index contributed by atoms with van der Waals surface area (Å²) in [6.45, 7) is 0. The molecule has 0 saturated carbocycles. The minimum atomic E-state index is 1.07. The fraction of sp³-hybridized carbons (Fsp3) is 0. The van der Waals surface area contributed by atoms with Crippen molar-refractivity contribution in [2.24, 2.45) is 0 Å². The van der Waals surface area contributed by atoms with E-state index >= 15 is 0 Å². The number of para-hydroxylation sites is 6. The number of rotatable bonds is 10. The molecule has 0 spiro atoms. The number of anilines is 6. The second-order valence-corrected chi connectivity index (χ2v) is 24.1. The summed E-state index contributed by atoms with van der Waals surface area (Å²) in [5.74, 6) is 0. The zero-order valence-electron chi connectivity index (χ0n) is 46.4.